The van der Waals surface area contributed by atoms with E-state index >= 15 is 0 Å². The maximum atomic E-state index is 3.70. The van der Waals surface area contributed by atoms with E-state index in [0.29, 0.717) is 18.1 Å². The van der Waals surface area contributed by atoms with Crippen LogP contribution in [0.5, 0.6) is 0 Å². The van der Waals surface area contributed by atoms with Crippen LogP contribution in [-0.4, -0.2) is 36.1 Å². The number of hydrogen-bond acceptors (Lipinski definition) is 2. The summed E-state index contributed by atoms with van der Waals surface area (Å²) in [6.45, 7) is 14.0. The average Bonchev–Trinajstić information content (AvgIpc) is 2.29. The Morgan fingerprint density at radius 1 is 1.07 bits per heavy atom. The van der Waals surface area contributed by atoms with Crippen LogP contribution in [0, 0.1) is 5.92 Å². The van der Waals surface area contributed by atoms with Gasteiger partial charge in [-0.25, -0.2) is 0 Å². The summed E-state index contributed by atoms with van der Waals surface area (Å²) in [6.07, 6.45) is 2.64. The molecule has 0 aromatic heterocycles. The molecular weight excluding hydrogens is 184 g/mol. The van der Waals surface area contributed by atoms with Gasteiger partial charge in [0.05, 0.1) is 0 Å². The van der Waals surface area contributed by atoms with Crippen molar-refractivity contribution in [3.05, 3.63) is 0 Å². The van der Waals surface area contributed by atoms with Crippen LogP contribution in [0.15, 0.2) is 0 Å². The minimum absolute atomic E-state index is 0.614. The maximum Gasteiger partial charge on any atom is 0.0108 e. The molecule has 1 heterocycles. The molecule has 0 bridgehead atoms. The van der Waals surface area contributed by atoms with Gasteiger partial charge < -0.3 is 10.2 Å². The normalized spacial score (nSPS) is 29.8. The maximum absolute atomic E-state index is 3.70. The van der Waals surface area contributed by atoms with Gasteiger partial charge in [-0.2, -0.15) is 0 Å². The van der Waals surface area contributed by atoms with Crippen molar-refractivity contribution < 1.29 is 0 Å². The van der Waals surface area contributed by atoms with Crippen LogP contribution in [0.3, 0.4) is 0 Å². The first-order valence-electron chi connectivity index (χ1n) is 6.50. The summed E-state index contributed by atoms with van der Waals surface area (Å²) in [4.78, 5) is 2.61. The van der Waals surface area contributed by atoms with Crippen LogP contribution in [0.1, 0.15) is 47.5 Å². The molecule has 1 fully saturated rings. The highest BCUT2D eigenvalue weighted by molar-refractivity contribution is 4.82. The van der Waals surface area contributed by atoms with Crippen LogP contribution in [0.25, 0.3) is 0 Å². The van der Waals surface area contributed by atoms with Gasteiger partial charge in [0.1, 0.15) is 0 Å². The Labute approximate surface area is 95.4 Å². The van der Waals surface area contributed by atoms with Gasteiger partial charge in [-0.15, -0.1) is 0 Å². The van der Waals surface area contributed by atoms with Gasteiger partial charge in [0, 0.05) is 18.1 Å². The van der Waals surface area contributed by atoms with Crippen molar-refractivity contribution in [1.29, 1.82) is 0 Å². The molecule has 2 atom stereocenters. The summed E-state index contributed by atoms with van der Waals surface area (Å²) >= 11 is 0. The van der Waals surface area contributed by atoms with Crippen molar-refractivity contribution in [2.45, 2.75) is 65.6 Å². The van der Waals surface area contributed by atoms with Gasteiger partial charge in [-0.1, -0.05) is 20.8 Å². The summed E-state index contributed by atoms with van der Waals surface area (Å²) in [6, 6.07) is 2.03. The summed E-state index contributed by atoms with van der Waals surface area (Å²) in [7, 11) is 0. The first kappa shape index (κ1) is 13.0. The quantitative estimate of drug-likeness (QED) is 0.773. The molecule has 1 rings (SSSR count). The molecular formula is C13H28N2. The Morgan fingerprint density at radius 2 is 1.67 bits per heavy atom. The number of likely N-dealkylation sites (tertiary alicyclic amines) is 1. The van der Waals surface area contributed by atoms with Crippen molar-refractivity contribution in [2.75, 3.05) is 13.1 Å². The lowest BCUT2D eigenvalue weighted by Crippen LogP contribution is -2.39. The highest BCUT2D eigenvalue weighted by Crippen LogP contribution is 2.19. The van der Waals surface area contributed by atoms with Gasteiger partial charge in [-0.3, -0.25) is 0 Å². The average molecular weight is 212 g/mol. The molecule has 0 radical (unpaired) electrons. The molecule has 0 aliphatic carbocycles. The van der Waals surface area contributed by atoms with E-state index in [2.05, 4.69) is 44.8 Å². The van der Waals surface area contributed by atoms with E-state index in [4.69, 9.17) is 0 Å². The second-order valence-corrected chi connectivity index (χ2v) is 5.61. The summed E-state index contributed by atoms with van der Waals surface area (Å²) in [5.74, 6) is 0.816. The van der Waals surface area contributed by atoms with E-state index in [1.54, 1.807) is 0 Å². The zero-order valence-corrected chi connectivity index (χ0v) is 11.1. The fraction of sp³-hybridized carbons (Fsp3) is 1.00. The van der Waals surface area contributed by atoms with E-state index in [-0.39, 0.29) is 0 Å². The molecule has 15 heavy (non-hydrogen) atoms. The fourth-order valence-corrected chi connectivity index (χ4v) is 2.46. The van der Waals surface area contributed by atoms with Crippen molar-refractivity contribution in [3.8, 4) is 0 Å². The van der Waals surface area contributed by atoms with E-state index in [1.165, 1.54) is 25.9 Å². The number of nitrogens with zero attached hydrogens (tertiary/aromatic N) is 1. The van der Waals surface area contributed by atoms with E-state index in [9.17, 15) is 0 Å². The lowest BCUT2D eigenvalue weighted by Gasteiger charge is -2.25. The third kappa shape index (κ3) is 4.12. The molecule has 90 valence electrons. The van der Waals surface area contributed by atoms with Crippen LogP contribution in [-0.2, 0) is 0 Å². The van der Waals surface area contributed by atoms with Crippen LogP contribution in [0.2, 0.25) is 0 Å². The molecule has 0 saturated carbocycles. The zero-order chi connectivity index (χ0) is 11.4. The highest BCUT2D eigenvalue weighted by Gasteiger charge is 2.24. The molecule has 0 aromatic carbocycles. The first-order valence-corrected chi connectivity index (χ1v) is 6.50. The Balaban J connectivity index is 2.47. The standard InChI is InChI=1S/C13H28N2/c1-10(2)14-13-7-9-15(11(3)4)8-6-12(13)5/h10-14H,6-9H2,1-5H3/t12-,13?/m0/s1. The SMILES string of the molecule is CC(C)NC1CCN(C(C)C)CC[C@@H]1C. The van der Waals surface area contributed by atoms with Crippen LogP contribution in [0.4, 0.5) is 0 Å². The largest absolute Gasteiger partial charge is 0.311 e. The minimum Gasteiger partial charge on any atom is -0.311 e. The van der Waals surface area contributed by atoms with Crippen molar-refractivity contribution in [2.24, 2.45) is 5.92 Å². The predicted octanol–water partition coefficient (Wildman–Crippen LogP) is 2.49. The molecule has 1 N–H and O–H groups in total. The van der Waals surface area contributed by atoms with Crippen molar-refractivity contribution in [3.63, 3.8) is 0 Å². The second-order valence-electron chi connectivity index (χ2n) is 5.61. The van der Waals surface area contributed by atoms with Crippen LogP contribution >= 0.6 is 0 Å². The molecule has 1 aliphatic heterocycles. The van der Waals surface area contributed by atoms with E-state index in [0.717, 1.165) is 5.92 Å². The van der Waals surface area contributed by atoms with Gasteiger partial charge in [-0.05, 0) is 45.7 Å². The van der Waals surface area contributed by atoms with Gasteiger partial charge in [0.15, 0.2) is 0 Å². The molecule has 0 spiro atoms. The van der Waals surface area contributed by atoms with Gasteiger partial charge in [0.25, 0.3) is 0 Å². The molecule has 2 nitrogen and oxygen atoms in total. The predicted molar refractivity (Wildman–Crippen MR) is 67.2 cm³/mol. The van der Waals surface area contributed by atoms with Crippen molar-refractivity contribution in [1.82, 2.24) is 10.2 Å². The van der Waals surface area contributed by atoms with Crippen molar-refractivity contribution >= 4 is 0 Å². The van der Waals surface area contributed by atoms with E-state index in [1.807, 2.05) is 0 Å². The van der Waals surface area contributed by atoms with Gasteiger partial charge >= 0.3 is 0 Å². The fourth-order valence-electron chi connectivity index (χ4n) is 2.46. The lowest BCUT2D eigenvalue weighted by molar-refractivity contribution is 0.227. The Morgan fingerprint density at radius 3 is 2.20 bits per heavy atom. The van der Waals surface area contributed by atoms with Crippen LogP contribution < -0.4 is 5.32 Å². The third-order valence-electron chi connectivity index (χ3n) is 3.56. The van der Waals surface area contributed by atoms with Gasteiger partial charge in [0.2, 0.25) is 0 Å². The smallest absolute Gasteiger partial charge is 0.0108 e. The molecule has 2 heteroatoms. The molecule has 1 aliphatic rings. The molecule has 1 unspecified atom stereocenters. The Bertz CT molecular complexity index is 177. The highest BCUT2D eigenvalue weighted by atomic mass is 15.2. The molecule has 1 saturated heterocycles. The Kier molecular flexibility index (Phi) is 5.07. The summed E-state index contributed by atoms with van der Waals surface area (Å²) in [5, 5.41) is 3.70. The lowest BCUT2D eigenvalue weighted by atomic mass is 9.96. The third-order valence-corrected chi connectivity index (χ3v) is 3.56. The summed E-state index contributed by atoms with van der Waals surface area (Å²) < 4.78 is 0. The number of hydrogen-bond donors (Lipinski definition) is 1. The Hall–Kier alpha value is -0.0800. The first-order chi connectivity index (χ1) is 7.00. The summed E-state index contributed by atoms with van der Waals surface area (Å²) in [5.41, 5.74) is 0. The number of nitrogens with one attached hydrogen (secondary N) is 1. The molecule has 0 amide bonds. The number of rotatable bonds is 3. The zero-order valence-electron chi connectivity index (χ0n) is 11.1. The minimum atomic E-state index is 0.614. The monoisotopic (exact) mass is 212 g/mol. The van der Waals surface area contributed by atoms with E-state index < -0.39 is 0 Å². The topological polar surface area (TPSA) is 15.3 Å². The molecule has 0 aromatic rings. The second kappa shape index (κ2) is 5.86.